The summed E-state index contributed by atoms with van der Waals surface area (Å²) in [5.41, 5.74) is 4.48. The Balaban J connectivity index is 0.000000791. The van der Waals surface area contributed by atoms with E-state index in [1.165, 1.54) is 16.7 Å². The summed E-state index contributed by atoms with van der Waals surface area (Å²) in [6.07, 6.45) is 0. The molecule has 0 aromatic heterocycles. The van der Waals surface area contributed by atoms with Gasteiger partial charge in [0.25, 0.3) is 0 Å². The monoisotopic (exact) mass is 320 g/mol. The van der Waals surface area contributed by atoms with Crippen LogP contribution in [0.25, 0.3) is 0 Å². The summed E-state index contributed by atoms with van der Waals surface area (Å²) in [6.45, 7) is 7.75. The van der Waals surface area contributed by atoms with E-state index < -0.39 is 0 Å². The van der Waals surface area contributed by atoms with Gasteiger partial charge in [0.2, 0.25) is 0 Å². The Bertz CT molecular complexity index is 309. The zero-order valence-corrected chi connectivity index (χ0v) is 12.0. The maximum absolute atomic E-state index is 11.1. The molecule has 0 aliphatic rings. The van der Waals surface area contributed by atoms with Crippen LogP contribution in [0.15, 0.2) is 12.1 Å². The third kappa shape index (κ3) is 3.54. The van der Waals surface area contributed by atoms with Crippen LogP contribution in [0, 0.1) is 20.8 Å². The van der Waals surface area contributed by atoms with E-state index in [2.05, 4.69) is 35.2 Å². The molecule has 1 nitrogen and oxygen atoms in total. The molecule has 1 aromatic rings. The lowest BCUT2D eigenvalue weighted by atomic mass is 9.99. The number of hydrogen-bond acceptors (Lipinski definition) is 1. The summed E-state index contributed by atoms with van der Waals surface area (Å²) >= 11 is 5.50. The summed E-state index contributed by atoms with van der Waals surface area (Å²) in [5.74, 6) is 0.140. The molecule has 0 fully saturated rings. The van der Waals surface area contributed by atoms with Gasteiger partial charge in [0.05, 0.1) is 0 Å². The van der Waals surface area contributed by atoms with E-state index in [1.54, 1.807) is 6.92 Å². The molecule has 14 heavy (non-hydrogen) atoms. The minimum absolute atomic E-state index is 0.140. The van der Waals surface area contributed by atoms with Gasteiger partial charge in [0, 0.05) is 33.8 Å². The summed E-state index contributed by atoms with van der Waals surface area (Å²) in [7, 11) is 0. The second-order valence-electron chi connectivity index (χ2n) is 3.29. The number of benzene rings is 1. The fourth-order valence-electron chi connectivity index (χ4n) is 1.24. The van der Waals surface area contributed by atoms with Gasteiger partial charge in [-0.3, -0.25) is 4.79 Å². The predicted molar refractivity (Wildman–Crippen MR) is 68.5 cm³/mol. The second kappa shape index (κ2) is 6.36. The summed E-state index contributed by atoms with van der Waals surface area (Å²) in [4.78, 5) is 11.1. The molecule has 0 bridgehead atoms. The summed E-state index contributed by atoms with van der Waals surface area (Å²) in [6, 6.07) is 3.90. The molecule has 3 heteroatoms. The first-order valence-corrected chi connectivity index (χ1v) is 7.97. The Morgan fingerprint density at radius 1 is 1.07 bits per heavy atom. The molecule has 0 saturated heterocycles. The van der Waals surface area contributed by atoms with Gasteiger partial charge in [0.15, 0.2) is 5.78 Å². The van der Waals surface area contributed by atoms with E-state index in [0.717, 1.165) is 5.56 Å². The van der Waals surface area contributed by atoms with Gasteiger partial charge >= 0.3 is 0 Å². The van der Waals surface area contributed by atoms with E-state index in [0.29, 0.717) is 0 Å². The normalized spacial score (nSPS) is 9.00. The second-order valence-corrected chi connectivity index (χ2v) is 3.29. The lowest BCUT2D eigenvalue weighted by Gasteiger charge is -2.06. The van der Waals surface area contributed by atoms with Crippen molar-refractivity contribution in [2.45, 2.75) is 27.7 Å². The number of hydrogen-bond donors (Lipinski definition) is 0. The van der Waals surface area contributed by atoms with Gasteiger partial charge in [0.1, 0.15) is 0 Å². The average molecular weight is 322 g/mol. The van der Waals surface area contributed by atoms with Crippen molar-refractivity contribution in [2.24, 2.45) is 0 Å². The number of carbonyl (C=O) groups is 1. The first-order valence-electron chi connectivity index (χ1n) is 4.25. The number of Topliss-reactive ketones (excluding diaryl/α,β-unsaturated/α-hetero) is 1. The van der Waals surface area contributed by atoms with Crippen LogP contribution < -0.4 is 0 Å². The van der Waals surface area contributed by atoms with Crippen LogP contribution in [0.1, 0.15) is 34.0 Å². The molecule has 0 amide bonds. The lowest BCUT2D eigenvalue weighted by Crippen LogP contribution is -1.96. The Kier molecular flexibility index (Phi) is 6.29. The van der Waals surface area contributed by atoms with Crippen molar-refractivity contribution in [3.8, 4) is 0 Å². The number of aryl methyl sites for hydroxylation is 2. The van der Waals surface area contributed by atoms with Crippen LogP contribution in [0.2, 0.25) is 0 Å². The van der Waals surface area contributed by atoms with Crippen LogP contribution in [0.5, 0.6) is 0 Å². The average Bonchev–Trinajstić information content (AvgIpc) is 2.16. The van der Waals surface area contributed by atoms with Gasteiger partial charge in [-0.2, -0.15) is 0 Å². The highest BCUT2D eigenvalue weighted by atomic mass is 80.9. The highest BCUT2D eigenvalue weighted by Gasteiger charge is 2.03. The van der Waals surface area contributed by atoms with Crippen molar-refractivity contribution >= 4 is 34.0 Å². The number of carbonyl (C=O) groups excluding carboxylic acids is 1. The Morgan fingerprint density at radius 3 is 1.71 bits per heavy atom. The van der Waals surface area contributed by atoms with Crippen molar-refractivity contribution in [2.75, 3.05) is 0 Å². The van der Waals surface area contributed by atoms with Crippen LogP contribution in [0.4, 0.5) is 0 Å². The van der Waals surface area contributed by atoms with Gasteiger partial charge < -0.3 is 0 Å². The Hall–Kier alpha value is -0.150. The Labute approximate surface area is 101 Å². The Morgan fingerprint density at radius 2 is 1.43 bits per heavy atom. The third-order valence-electron chi connectivity index (χ3n) is 2.33. The zero-order valence-electron chi connectivity index (χ0n) is 8.82. The van der Waals surface area contributed by atoms with E-state index in [4.69, 9.17) is 0 Å². The molecule has 0 radical (unpaired) electrons. The van der Waals surface area contributed by atoms with Crippen molar-refractivity contribution in [3.05, 3.63) is 34.4 Å². The van der Waals surface area contributed by atoms with Crippen molar-refractivity contribution in [1.29, 1.82) is 0 Å². The topological polar surface area (TPSA) is 17.1 Å². The van der Waals surface area contributed by atoms with Crippen molar-refractivity contribution < 1.29 is 4.79 Å². The summed E-state index contributed by atoms with van der Waals surface area (Å²) in [5, 5.41) is 0. The van der Waals surface area contributed by atoms with Crippen LogP contribution in [0.3, 0.4) is 0 Å². The quantitative estimate of drug-likeness (QED) is 0.696. The molecule has 0 N–H and O–H groups in total. The van der Waals surface area contributed by atoms with Gasteiger partial charge in [-0.1, -0.05) is 0 Å². The van der Waals surface area contributed by atoms with Crippen LogP contribution >= 0.6 is 28.3 Å². The molecule has 0 atom stereocenters. The third-order valence-corrected chi connectivity index (χ3v) is 2.33. The number of ketones is 1. The molecule has 0 aliphatic heterocycles. The number of halogens is 2. The van der Waals surface area contributed by atoms with E-state index in [-0.39, 0.29) is 5.78 Å². The molecule has 0 spiro atoms. The van der Waals surface area contributed by atoms with Crippen LogP contribution in [-0.2, 0) is 0 Å². The molecule has 1 aromatic carbocycles. The standard InChI is InChI=1S/C11H14O.Br2/c1-7-5-11(10(4)12)6-8(2)9(7)3;1-2/h5-6H,1-4H3;. The minimum atomic E-state index is 0.140. The molecule has 1 rings (SSSR count). The fourth-order valence-corrected chi connectivity index (χ4v) is 1.24. The maximum atomic E-state index is 11.1. The predicted octanol–water partition coefficient (Wildman–Crippen LogP) is 4.51. The van der Waals surface area contributed by atoms with E-state index >= 15 is 0 Å². The number of rotatable bonds is 1. The van der Waals surface area contributed by atoms with E-state index in [9.17, 15) is 4.79 Å². The van der Waals surface area contributed by atoms with E-state index in [1.807, 2.05) is 26.0 Å². The van der Waals surface area contributed by atoms with Crippen molar-refractivity contribution in [1.82, 2.24) is 0 Å². The highest BCUT2D eigenvalue weighted by Crippen LogP contribution is 2.15. The summed E-state index contributed by atoms with van der Waals surface area (Å²) < 4.78 is 0. The maximum Gasteiger partial charge on any atom is 0.159 e. The highest BCUT2D eigenvalue weighted by molar-refractivity contribution is 9.93. The molecule has 78 valence electrons. The molecular weight excluding hydrogens is 308 g/mol. The molecule has 0 aliphatic carbocycles. The first kappa shape index (κ1) is 13.8. The van der Waals surface area contributed by atoms with Gasteiger partial charge in [-0.15, -0.1) is 0 Å². The molecular formula is C11H14Br2O. The van der Waals surface area contributed by atoms with Crippen molar-refractivity contribution in [3.63, 3.8) is 0 Å². The largest absolute Gasteiger partial charge is 0.295 e. The molecule has 0 unspecified atom stereocenters. The molecule has 0 heterocycles. The zero-order chi connectivity index (χ0) is 11.3. The fraction of sp³-hybridized carbons (Fsp3) is 0.364. The van der Waals surface area contributed by atoms with Gasteiger partial charge in [-0.05, 0) is 56.5 Å². The molecule has 0 saturated carbocycles. The lowest BCUT2D eigenvalue weighted by molar-refractivity contribution is 0.101. The van der Waals surface area contributed by atoms with Crippen LogP contribution in [-0.4, -0.2) is 5.78 Å². The SMILES string of the molecule is BrBr.CC(=O)c1cc(C)c(C)c(C)c1. The minimum Gasteiger partial charge on any atom is -0.295 e. The smallest absolute Gasteiger partial charge is 0.159 e. The van der Waals surface area contributed by atoms with Gasteiger partial charge in [-0.25, -0.2) is 0 Å². The first-order chi connectivity index (χ1) is 6.52.